The van der Waals surface area contributed by atoms with Crippen molar-refractivity contribution < 1.29 is 49.1 Å². The molecular formula is C9H10O10. The Morgan fingerprint density at radius 3 is 1.47 bits per heavy atom. The van der Waals surface area contributed by atoms with Gasteiger partial charge in [0, 0.05) is 0 Å². The van der Waals surface area contributed by atoms with E-state index in [1.165, 1.54) is 0 Å². The molecule has 0 heterocycles. The maximum absolute atomic E-state index is 11.1. The Labute approximate surface area is 105 Å². The Morgan fingerprint density at radius 1 is 0.789 bits per heavy atom. The van der Waals surface area contributed by atoms with E-state index in [9.17, 15) is 24.0 Å². The predicted octanol–water partition coefficient (Wildman–Crippen LogP) is -1.22. The molecule has 0 saturated carbocycles. The highest BCUT2D eigenvalue weighted by atomic mass is 16.6. The van der Waals surface area contributed by atoms with Gasteiger partial charge in [-0.3, -0.25) is 19.2 Å². The molecule has 0 radical (unpaired) electrons. The summed E-state index contributed by atoms with van der Waals surface area (Å²) in [4.78, 5) is 53.4. The van der Waals surface area contributed by atoms with E-state index in [4.69, 9.17) is 20.4 Å². The van der Waals surface area contributed by atoms with Crippen LogP contribution in [0.5, 0.6) is 0 Å². The van der Waals surface area contributed by atoms with E-state index in [2.05, 4.69) is 4.74 Å². The first-order chi connectivity index (χ1) is 8.59. The van der Waals surface area contributed by atoms with Crippen molar-refractivity contribution in [3.63, 3.8) is 0 Å². The third-order valence-corrected chi connectivity index (χ3v) is 1.87. The molecule has 0 rings (SSSR count). The average molecular weight is 278 g/mol. The van der Waals surface area contributed by atoms with E-state index in [0.717, 1.165) is 0 Å². The fraction of sp³-hybridized carbons (Fsp3) is 0.444. The van der Waals surface area contributed by atoms with Gasteiger partial charge < -0.3 is 25.2 Å². The molecule has 106 valence electrons. The van der Waals surface area contributed by atoms with E-state index in [-0.39, 0.29) is 0 Å². The van der Waals surface area contributed by atoms with Crippen LogP contribution in [0.4, 0.5) is 0 Å². The molecule has 10 heteroatoms. The van der Waals surface area contributed by atoms with Crippen molar-refractivity contribution in [2.24, 2.45) is 0 Å². The van der Waals surface area contributed by atoms with Gasteiger partial charge >= 0.3 is 29.8 Å². The van der Waals surface area contributed by atoms with Gasteiger partial charge in [0.1, 0.15) is 6.42 Å². The minimum atomic E-state index is -2.84. The second-order valence-corrected chi connectivity index (χ2v) is 3.49. The van der Waals surface area contributed by atoms with Crippen molar-refractivity contribution in [2.45, 2.75) is 24.9 Å². The number of carbonyl (C=O) groups is 5. The number of hydrogen-bond donors (Lipinski definition) is 4. The SMILES string of the molecule is O=C(O)CC(=O)OC(CC(=O)O)(CC(=O)O)C(=O)O. The maximum atomic E-state index is 11.1. The highest BCUT2D eigenvalue weighted by Gasteiger charge is 2.47. The minimum Gasteiger partial charge on any atom is -0.481 e. The minimum absolute atomic E-state index is 1.21. The molecule has 0 unspecified atom stereocenters. The summed E-state index contributed by atoms with van der Waals surface area (Å²) < 4.78 is 4.25. The molecule has 0 aromatic carbocycles. The highest BCUT2D eigenvalue weighted by molar-refractivity contribution is 5.94. The van der Waals surface area contributed by atoms with Crippen LogP contribution in [0.3, 0.4) is 0 Å². The summed E-state index contributed by atoms with van der Waals surface area (Å²) in [5.74, 6) is -8.60. The van der Waals surface area contributed by atoms with Crippen LogP contribution in [-0.2, 0) is 28.7 Å². The molecule has 0 amide bonds. The molecule has 0 aromatic rings. The lowest BCUT2D eigenvalue weighted by Crippen LogP contribution is -2.47. The first-order valence-corrected chi connectivity index (χ1v) is 4.69. The second-order valence-electron chi connectivity index (χ2n) is 3.49. The molecule has 0 atom stereocenters. The Hall–Kier alpha value is -2.65. The van der Waals surface area contributed by atoms with Crippen LogP contribution < -0.4 is 0 Å². The smallest absolute Gasteiger partial charge is 0.349 e. The summed E-state index contributed by atoms with van der Waals surface area (Å²) in [6, 6.07) is 0. The molecule has 0 aromatic heterocycles. The fourth-order valence-electron chi connectivity index (χ4n) is 1.20. The van der Waals surface area contributed by atoms with Gasteiger partial charge in [0.25, 0.3) is 0 Å². The standard InChI is InChI=1S/C9H10O10/c10-4(11)1-7(16)19-9(8(17)18,2-5(12)13)3-6(14)15/h1-3H2,(H,10,11)(H,12,13)(H,14,15)(H,17,18). The summed E-state index contributed by atoms with van der Waals surface area (Å²) in [7, 11) is 0. The van der Waals surface area contributed by atoms with Crippen LogP contribution >= 0.6 is 0 Å². The monoisotopic (exact) mass is 278 g/mol. The van der Waals surface area contributed by atoms with Gasteiger partial charge in [-0.05, 0) is 0 Å². The van der Waals surface area contributed by atoms with Crippen molar-refractivity contribution in [1.29, 1.82) is 0 Å². The number of carboxylic acid groups (broad SMARTS) is 4. The molecule has 0 aliphatic carbocycles. The van der Waals surface area contributed by atoms with Gasteiger partial charge in [0.2, 0.25) is 5.60 Å². The van der Waals surface area contributed by atoms with Gasteiger partial charge in [-0.1, -0.05) is 0 Å². The van der Waals surface area contributed by atoms with Crippen LogP contribution in [0.15, 0.2) is 0 Å². The number of hydrogen-bond acceptors (Lipinski definition) is 6. The van der Waals surface area contributed by atoms with E-state index < -0.39 is 54.7 Å². The lowest BCUT2D eigenvalue weighted by molar-refractivity contribution is -0.186. The lowest BCUT2D eigenvalue weighted by Gasteiger charge is -2.25. The molecule has 19 heavy (non-hydrogen) atoms. The van der Waals surface area contributed by atoms with Crippen molar-refractivity contribution in [3.05, 3.63) is 0 Å². The largest absolute Gasteiger partial charge is 0.481 e. The van der Waals surface area contributed by atoms with Crippen molar-refractivity contribution in [1.82, 2.24) is 0 Å². The zero-order chi connectivity index (χ0) is 15.2. The van der Waals surface area contributed by atoms with Crippen molar-refractivity contribution >= 4 is 29.8 Å². The first kappa shape index (κ1) is 16.4. The summed E-state index contributed by atoms with van der Waals surface area (Å²) in [6.45, 7) is 0. The average Bonchev–Trinajstić information content (AvgIpc) is 2.12. The van der Waals surface area contributed by atoms with E-state index in [1.807, 2.05) is 0 Å². The molecule has 0 fully saturated rings. The summed E-state index contributed by atoms with van der Waals surface area (Å²) in [6.07, 6.45) is -3.83. The van der Waals surface area contributed by atoms with Crippen LogP contribution in [0.25, 0.3) is 0 Å². The molecule has 0 bridgehead atoms. The second kappa shape index (κ2) is 6.33. The van der Waals surface area contributed by atoms with Crippen LogP contribution in [0.2, 0.25) is 0 Å². The topological polar surface area (TPSA) is 175 Å². The quantitative estimate of drug-likeness (QED) is 0.310. The Bertz CT molecular complexity index is 407. The maximum Gasteiger partial charge on any atom is 0.349 e. The lowest BCUT2D eigenvalue weighted by atomic mass is 9.95. The van der Waals surface area contributed by atoms with E-state index in [0.29, 0.717) is 0 Å². The summed E-state index contributed by atoms with van der Waals surface area (Å²) in [5, 5.41) is 34.2. The number of carboxylic acids is 4. The van der Waals surface area contributed by atoms with Gasteiger partial charge in [0.15, 0.2) is 0 Å². The van der Waals surface area contributed by atoms with Gasteiger partial charge in [-0.2, -0.15) is 0 Å². The van der Waals surface area contributed by atoms with Gasteiger partial charge in [0.05, 0.1) is 12.8 Å². The molecule has 0 spiro atoms. The molecule has 0 saturated heterocycles. The number of esters is 1. The number of rotatable bonds is 8. The first-order valence-electron chi connectivity index (χ1n) is 4.69. The summed E-state index contributed by atoms with van der Waals surface area (Å²) >= 11 is 0. The Balaban J connectivity index is 5.26. The molecule has 4 N–H and O–H groups in total. The third kappa shape index (κ3) is 5.48. The molecule has 0 aliphatic heterocycles. The zero-order valence-electron chi connectivity index (χ0n) is 9.36. The van der Waals surface area contributed by atoms with Gasteiger partial charge in [-0.15, -0.1) is 0 Å². The molecular weight excluding hydrogens is 268 g/mol. The predicted molar refractivity (Wildman–Crippen MR) is 53.2 cm³/mol. The van der Waals surface area contributed by atoms with Crippen molar-refractivity contribution in [2.75, 3.05) is 0 Å². The number of aliphatic carboxylic acids is 4. The highest BCUT2D eigenvalue weighted by Crippen LogP contribution is 2.23. The van der Waals surface area contributed by atoms with Gasteiger partial charge in [-0.25, -0.2) is 4.79 Å². The number of carbonyl (C=O) groups excluding carboxylic acids is 1. The van der Waals surface area contributed by atoms with Crippen molar-refractivity contribution in [3.8, 4) is 0 Å². The molecule has 0 aliphatic rings. The Morgan fingerprint density at radius 2 is 1.21 bits per heavy atom. The van der Waals surface area contributed by atoms with E-state index >= 15 is 0 Å². The molecule has 10 nitrogen and oxygen atoms in total. The number of ether oxygens (including phenoxy) is 1. The third-order valence-electron chi connectivity index (χ3n) is 1.87. The Kier molecular flexibility index (Phi) is 5.45. The van der Waals surface area contributed by atoms with Crippen LogP contribution in [0.1, 0.15) is 19.3 Å². The van der Waals surface area contributed by atoms with Crippen LogP contribution in [-0.4, -0.2) is 55.9 Å². The zero-order valence-corrected chi connectivity index (χ0v) is 9.36. The van der Waals surface area contributed by atoms with Crippen LogP contribution in [0, 0.1) is 0 Å². The summed E-state index contributed by atoms with van der Waals surface area (Å²) in [5.41, 5.74) is -2.84. The normalized spacial score (nSPS) is 10.5. The van der Waals surface area contributed by atoms with E-state index in [1.54, 1.807) is 0 Å². The fourth-order valence-corrected chi connectivity index (χ4v) is 1.20.